The largest absolute Gasteiger partial charge is 0.452 e. The summed E-state index contributed by atoms with van der Waals surface area (Å²) in [5, 5.41) is 0.474. The van der Waals surface area contributed by atoms with Gasteiger partial charge in [0, 0.05) is 24.3 Å². The minimum absolute atomic E-state index is 0.0705. The molecule has 0 aliphatic rings. The van der Waals surface area contributed by atoms with Gasteiger partial charge in [-0.25, -0.2) is 8.42 Å². The monoisotopic (exact) mass is 374 g/mol. The van der Waals surface area contributed by atoms with E-state index >= 15 is 0 Å². The summed E-state index contributed by atoms with van der Waals surface area (Å²) < 4.78 is 33.6. The molecular formula is C15H12Cl2O5S. The van der Waals surface area contributed by atoms with Gasteiger partial charge in [0.1, 0.15) is 5.75 Å². The first-order chi connectivity index (χ1) is 10.7. The second kappa shape index (κ2) is 6.78. The van der Waals surface area contributed by atoms with Gasteiger partial charge in [0.15, 0.2) is 21.3 Å². The lowest BCUT2D eigenvalue weighted by Gasteiger charge is -2.12. The Labute approximate surface area is 143 Å². The zero-order valence-corrected chi connectivity index (χ0v) is 14.5. The Balaban J connectivity index is 2.39. The van der Waals surface area contributed by atoms with Crippen LogP contribution in [0.2, 0.25) is 10.0 Å². The molecular weight excluding hydrogens is 363 g/mol. The third-order valence-corrected chi connectivity index (χ3v) is 4.35. The number of sulfone groups is 1. The fourth-order valence-electron chi connectivity index (χ4n) is 1.71. The molecule has 0 aliphatic carbocycles. The van der Waals surface area contributed by atoms with Crippen molar-refractivity contribution < 1.29 is 22.7 Å². The molecule has 0 N–H and O–H groups in total. The lowest BCUT2D eigenvalue weighted by Crippen LogP contribution is -2.03. The van der Waals surface area contributed by atoms with Gasteiger partial charge in [-0.05, 0) is 30.3 Å². The number of esters is 1. The number of benzene rings is 2. The van der Waals surface area contributed by atoms with Gasteiger partial charge in [-0.3, -0.25) is 4.79 Å². The van der Waals surface area contributed by atoms with Gasteiger partial charge in [-0.2, -0.15) is 0 Å². The molecule has 0 atom stereocenters. The topological polar surface area (TPSA) is 69.7 Å². The molecule has 5 nitrogen and oxygen atoms in total. The van der Waals surface area contributed by atoms with E-state index in [-0.39, 0.29) is 27.2 Å². The summed E-state index contributed by atoms with van der Waals surface area (Å²) in [6, 6.07) is 8.55. The molecule has 0 unspecified atom stereocenters. The van der Waals surface area contributed by atoms with Crippen LogP contribution in [-0.2, 0) is 14.6 Å². The van der Waals surface area contributed by atoms with E-state index in [0.29, 0.717) is 5.02 Å². The van der Waals surface area contributed by atoms with Crippen molar-refractivity contribution in [3.63, 3.8) is 0 Å². The Morgan fingerprint density at radius 2 is 1.65 bits per heavy atom. The highest BCUT2D eigenvalue weighted by molar-refractivity contribution is 7.90. The summed E-state index contributed by atoms with van der Waals surface area (Å²) in [5.74, 6) is 0.0392. The first kappa shape index (κ1) is 17.6. The van der Waals surface area contributed by atoms with E-state index in [1.54, 1.807) is 6.07 Å². The number of hydrogen-bond donors (Lipinski definition) is 0. The lowest BCUT2D eigenvalue weighted by molar-refractivity contribution is -0.131. The number of rotatable bonds is 4. The Hall–Kier alpha value is -1.76. The quantitative estimate of drug-likeness (QED) is 0.594. The molecule has 0 amide bonds. The van der Waals surface area contributed by atoms with Crippen LogP contribution in [0.5, 0.6) is 17.2 Å². The van der Waals surface area contributed by atoms with Gasteiger partial charge in [0.25, 0.3) is 0 Å². The predicted molar refractivity (Wildman–Crippen MR) is 87.4 cm³/mol. The number of hydrogen-bond acceptors (Lipinski definition) is 5. The highest BCUT2D eigenvalue weighted by atomic mass is 35.5. The zero-order chi connectivity index (χ0) is 17.2. The van der Waals surface area contributed by atoms with Crippen molar-refractivity contribution in [3.8, 4) is 17.2 Å². The molecule has 0 aromatic heterocycles. The highest BCUT2D eigenvalue weighted by Crippen LogP contribution is 2.37. The third kappa shape index (κ3) is 4.60. The molecule has 23 heavy (non-hydrogen) atoms. The summed E-state index contributed by atoms with van der Waals surface area (Å²) in [7, 11) is -3.38. The second-order valence-corrected chi connectivity index (χ2v) is 7.51. The zero-order valence-electron chi connectivity index (χ0n) is 12.2. The number of carbonyl (C=O) groups is 1. The van der Waals surface area contributed by atoms with Gasteiger partial charge >= 0.3 is 5.97 Å². The predicted octanol–water partition coefficient (Wildman–Crippen LogP) is 4.11. The second-order valence-electron chi connectivity index (χ2n) is 4.65. The van der Waals surface area contributed by atoms with Gasteiger partial charge in [0.05, 0.1) is 9.92 Å². The highest BCUT2D eigenvalue weighted by Gasteiger charge is 2.14. The summed E-state index contributed by atoms with van der Waals surface area (Å²) in [5.41, 5.74) is 0. The standard InChI is InChI=1S/C15H12Cl2O5S/c1-9(18)21-14-5-3-10(16)7-15(14)22-13-6-4-11(8-12(13)17)23(2,19)20/h3-8H,1-2H3. The van der Waals surface area contributed by atoms with E-state index in [1.807, 2.05) is 0 Å². The Kier molecular flexibility index (Phi) is 5.19. The molecule has 0 saturated heterocycles. The van der Waals surface area contributed by atoms with E-state index in [4.69, 9.17) is 32.7 Å². The lowest BCUT2D eigenvalue weighted by atomic mass is 10.3. The van der Waals surface area contributed by atoms with E-state index in [0.717, 1.165) is 6.26 Å². The summed E-state index contributed by atoms with van der Waals surface area (Å²) in [6.07, 6.45) is 1.08. The van der Waals surface area contributed by atoms with E-state index in [1.165, 1.54) is 37.3 Å². The smallest absolute Gasteiger partial charge is 0.308 e. The van der Waals surface area contributed by atoms with Crippen LogP contribution in [0.4, 0.5) is 0 Å². The van der Waals surface area contributed by atoms with Crippen LogP contribution >= 0.6 is 23.2 Å². The molecule has 8 heteroatoms. The maximum absolute atomic E-state index is 11.5. The van der Waals surface area contributed by atoms with Crippen LogP contribution in [0.25, 0.3) is 0 Å². The number of ether oxygens (including phenoxy) is 2. The van der Waals surface area contributed by atoms with Crippen molar-refractivity contribution in [2.75, 3.05) is 6.26 Å². The number of carbonyl (C=O) groups excluding carboxylic acids is 1. The van der Waals surface area contributed by atoms with Gasteiger partial charge < -0.3 is 9.47 Å². The molecule has 2 aromatic carbocycles. The minimum Gasteiger partial charge on any atom is -0.452 e. The van der Waals surface area contributed by atoms with E-state index in [9.17, 15) is 13.2 Å². The summed E-state index contributed by atoms with van der Waals surface area (Å²) in [4.78, 5) is 11.2. The normalized spacial score (nSPS) is 11.1. The Morgan fingerprint density at radius 3 is 2.22 bits per heavy atom. The molecule has 0 spiro atoms. The Morgan fingerprint density at radius 1 is 1.00 bits per heavy atom. The van der Waals surface area contributed by atoms with Crippen LogP contribution in [0, 0.1) is 0 Å². The average molecular weight is 375 g/mol. The van der Waals surface area contributed by atoms with Crippen LogP contribution < -0.4 is 9.47 Å². The van der Waals surface area contributed by atoms with Gasteiger partial charge in [-0.15, -0.1) is 0 Å². The molecule has 122 valence electrons. The molecule has 0 fully saturated rings. The van der Waals surface area contributed by atoms with Gasteiger partial charge in [-0.1, -0.05) is 23.2 Å². The van der Waals surface area contributed by atoms with Crippen LogP contribution in [0.1, 0.15) is 6.92 Å². The molecule has 0 radical (unpaired) electrons. The maximum atomic E-state index is 11.5. The molecule has 0 saturated carbocycles. The van der Waals surface area contributed by atoms with E-state index in [2.05, 4.69) is 0 Å². The fraction of sp³-hybridized carbons (Fsp3) is 0.133. The van der Waals surface area contributed by atoms with Crippen molar-refractivity contribution in [1.82, 2.24) is 0 Å². The van der Waals surface area contributed by atoms with Crippen LogP contribution in [0.15, 0.2) is 41.3 Å². The molecule has 0 aliphatic heterocycles. The summed E-state index contributed by atoms with van der Waals surface area (Å²) >= 11 is 12.0. The van der Waals surface area contributed by atoms with Gasteiger partial charge in [0.2, 0.25) is 0 Å². The van der Waals surface area contributed by atoms with Crippen molar-refractivity contribution in [1.29, 1.82) is 0 Å². The minimum atomic E-state index is -3.38. The van der Waals surface area contributed by atoms with Crippen molar-refractivity contribution in [3.05, 3.63) is 46.4 Å². The molecule has 2 rings (SSSR count). The summed E-state index contributed by atoms with van der Waals surface area (Å²) in [6.45, 7) is 1.26. The molecule has 0 heterocycles. The van der Waals surface area contributed by atoms with Crippen LogP contribution in [0.3, 0.4) is 0 Å². The molecule has 0 bridgehead atoms. The molecule has 2 aromatic rings. The Bertz CT molecular complexity index is 862. The first-order valence-corrected chi connectivity index (χ1v) is 8.97. The first-order valence-electron chi connectivity index (χ1n) is 6.32. The van der Waals surface area contributed by atoms with Crippen LogP contribution in [-0.4, -0.2) is 20.6 Å². The maximum Gasteiger partial charge on any atom is 0.308 e. The van der Waals surface area contributed by atoms with Crippen molar-refractivity contribution >= 4 is 39.0 Å². The third-order valence-electron chi connectivity index (χ3n) is 2.71. The number of halogens is 2. The van der Waals surface area contributed by atoms with E-state index < -0.39 is 15.8 Å². The average Bonchev–Trinajstić information content (AvgIpc) is 2.42. The van der Waals surface area contributed by atoms with Crippen molar-refractivity contribution in [2.24, 2.45) is 0 Å². The van der Waals surface area contributed by atoms with Crippen molar-refractivity contribution in [2.45, 2.75) is 11.8 Å². The fourth-order valence-corrected chi connectivity index (χ4v) is 2.81. The SMILES string of the molecule is CC(=O)Oc1ccc(Cl)cc1Oc1ccc(S(C)(=O)=O)cc1Cl.